The van der Waals surface area contributed by atoms with Crippen LogP contribution in [0.5, 0.6) is 0 Å². The molecule has 0 aromatic heterocycles. The van der Waals surface area contributed by atoms with E-state index in [9.17, 15) is 45.6 Å². The number of allylic oxidation sites excluding steroid dienone is 8. The molecule has 0 radical (unpaired) electrons. The number of unbranched alkanes of at least 4 members (excludes halogenated alkanes) is 27. The van der Waals surface area contributed by atoms with Crippen LogP contribution in [-0.4, -0.2) is 140 Å². The van der Waals surface area contributed by atoms with Crippen LogP contribution in [0.25, 0.3) is 0 Å². The van der Waals surface area contributed by atoms with Crippen molar-refractivity contribution in [3.63, 3.8) is 0 Å². The summed E-state index contributed by atoms with van der Waals surface area (Å²) in [6.07, 6.45) is 41.0. The van der Waals surface area contributed by atoms with Crippen molar-refractivity contribution in [2.24, 2.45) is 0 Å². The Hall–Kier alpha value is -2.05. The van der Waals surface area contributed by atoms with Gasteiger partial charge < -0.3 is 65.1 Å². The number of aliphatic hydroxyl groups is 8. The largest absolute Gasteiger partial charge is 0.394 e. The molecule has 12 unspecified atom stereocenters. The number of carbonyl (C=O) groups excluding carboxylic acids is 1. The molecule has 0 spiro atoms. The van der Waals surface area contributed by atoms with Crippen molar-refractivity contribution >= 4 is 5.91 Å². The van der Waals surface area contributed by atoms with E-state index in [1.54, 1.807) is 0 Å². The van der Waals surface area contributed by atoms with E-state index in [-0.39, 0.29) is 12.5 Å². The van der Waals surface area contributed by atoms with Crippen LogP contribution in [0.15, 0.2) is 48.6 Å². The van der Waals surface area contributed by atoms with E-state index in [2.05, 4.69) is 67.8 Å². The minimum atomic E-state index is -1.78. The molecule has 2 heterocycles. The molecule has 0 aromatic rings. The maximum atomic E-state index is 13.3. The van der Waals surface area contributed by atoms with Crippen LogP contribution in [-0.2, 0) is 23.7 Å². The first-order valence-corrected chi connectivity index (χ1v) is 30.4. The summed E-state index contributed by atoms with van der Waals surface area (Å²) in [4.78, 5) is 13.3. The molecule has 75 heavy (non-hydrogen) atoms. The van der Waals surface area contributed by atoms with Gasteiger partial charge in [0.25, 0.3) is 0 Å². The fraction of sp³-hybridized carbons (Fsp3) is 0.852. The van der Waals surface area contributed by atoms with Crippen molar-refractivity contribution in [3.05, 3.63) is 48.6 Å². The molecular weight excluding hydrogens is 955 g/mol. The Balaban J connectivity index is 1.72. The lowest BCUT2D eigenvalue weighted by Gasteiger charge is -2.46. The summed E-state index contributed by atoms with van der Waals surface area (Å²) in [5.74, 6) is -0.209. The van der Waals surface area contributed by atoms with Gasteiger partial charge >= 0.3 is 0 Å². The van der Waals surface area contributed by atoms with Gasteiger partial charge in [0.15, 0.2) is 12.6 Å². The number of nitrogens with one attached hydrogen (secondary N) is 1. The smallest absolute Gasteiger partial charge is 0.220 e. The molecule has 2 fully saturated rings. The van der Waals surface area contributed by atoms with Crippen molar-refractivity contribution in [1.82, 2.24) is 5.32 Å². The summed E-state index contributed by atoms with van der Waals surface area (Å²) < 4.78 is 22.8. The fourth-order valence-electron chi connectivity index (χ4n) is 9.94. The van der Waals surface area contributed by atoms with Crippen LogP contribution in [0, 0.1) is 0 Å². The third-order valence-corrected chi connectivity index (χ3v) is 14.8. The van der Waals surface area contributed by atoms with E-state index in [1.165, 1.54) is 128 Å². The van der Waals surface area contributed by atoms with E-state index in [0.29, 0.717) is 12.8 Å². The second-order valence-corrected chi connectivity index (χ2v) is 21.5. The highest BCUT2D eigenvalue weighted by atomic mass is 16.7. The van der Waals surface area contributed by atoms with Crippen molar-refractivity contribution in [2.45, 2.75) is 312 Å². The zero-order valence-electron chi connectivity index (χ0n) is 47.0. The van der Waals surface area contributed by atoms with E-state index >= 15 is 0 Å². The van der Waals surface area contributed by atoms with Crippen LogP contribution in [0.4, 0.5) is 0 Å². The van der Waals surface area contributed by atoms with Gasteiger partial charge in [0.1, 0.15) is 48.8 Å². The molecule has 2 aliphatic rings. The van der Waals surface area contributed by atoms with E-state index in [4.69, 9.17) is 18.9 Å². The van der Waals surface area contributed by atoms with Gasteiger partial charge in [-0.1, -0.05) is 229 Å². The SMILES string of the molecule is CC/C=C\C/C=C\C/C=C\C/C=C\CCCCCCCCCCCCCCC(=O)NC(COC1OC(CO)C(OC2OC(CO)C(O)C(O)C2O)C(O)C1O)C(O)CCCCCCCCCCCCCCCCCC. The monoisotopic (exact) mass is 1070 g/mol. The number of ether oxygens (including phenoxy) is 4. The van der Waals surface area contributed by atoms with Gasteiger partial charge in [-0.2, -0.15) is 0 Å². The highest BCUT2D eigenvalue weighted by Gasteiger charge is 2.51. The first-order chi connectivity index (χ1) is 36.6. The Bertz CT molecular complexity index is 1440. The number of amides is 1. The second kappa shape index (κ2) is 46.8. The van der Waals surface area contributed by atoms with E-state index in [0.717, 1.165) is 83.5 Å². The van der Waals surface area contributed by atoms with E-state index in [1.807, 2.05) is 0 Å². The van der Waals surface area contributed by atoms with Gasteiger partial charge in [0.2, 0.25) is 5.91 Å². The number of carbonyl (C=O) groups is 1. The molecule has 0 aliphatic carbocycles. The Morgan fingerprint density at radius 3 is 1.41 bits per heavy atom. The number of rotatable bonds is 48. The van der Waals surface area contributed by atoms with Crippen LogP contribution in [0.3, 0.4) is 0 Å². The highest BCUT2D eigenvalue weighted by molar-refractivity contribution is 5.76. The lowest BCUT2D eigenvalue weighted by atomic mass is 9.97. The van der Waals surface area contributed by atoms with Gasteiger partial charge in [-0.25, -0.2) is 0 Å². The molecule has 2 rings (SSSR count). The Morgan fingerprint density at radius 2 is 0.920 bits per heavy atom. The molecule has 2 saturated heterocycles. The summed E-state index contributed by atoms with van der Waals surface area (Å²) in [7, 11) is 0. The van der Waals surface area contributed by atoms with Gasteiger partial charge in [0.05, 0.1) is 32.0 Å². The molecular formula is C61H111NO13. The molecule has 14 nitrogen and oxygen atoms in total. The third kappa shape index (κ3) is 32.6. The van der Waals surface area contributed by atoms with Crippen LogP contribution < -0.4 is 5.32 Å². The summed E-state index contributed by atoms with van der Waals surface area (Å²) in [5, 5.41) is 87.3. The van der Waals surface area contributed by atoms with Crippen LogP contribution >= 0.6 is 0 Å². The standard InChI is InChI=1S/C61H111NO13/c1-3-5-7-9-11-13-15-17-19-21-22-23-24-25-26-27-28-29-31-33-35-37-39-41-43-45-53(66)62-49(50(65)44-42-40-38-36-34-32-30-20-18-16-14-12-10-8-6-4-2)48-72-60-58(71)56(69)59(52(47-64)74-60)75-61-57(70)55(68)54(67)51(46-63)73-61/h5,7,11,13,17,19,22-23,49-52,54-61,63-65,67-71H,3-4,6,8-10,12,14-16,18,20-21,24-48H2,1-2H3,(H,62,66)/b7-5-,13-11-,19-17-,23-22-. The molecule has 14 heteroatoms. The van der Waals surface area contributed by atoms with Gasteiger partial charge in [-0.3, -0.25) is 4.79 Å². The molecule has 0 bridgehead atoms. The normalized spacial score (nSPS) is 25.4. The van der Waals surface area contributed by atoms with Crippen LogP contribution in [0.1, 0.15) is 239 Å². The molecule has 2 aliphatic heterocycles. The molecule has 12 atom stereocenters. The minimum absolute atomic E-state index is 0.209. The van der Waals surface area contributed by atoms with Crippen molar-refractivity contribution in [3.8, 4) is 0 Å². The second-order valence-electron chi connectivity index (χ2n) is 21.5. The van der Waals surface area contributed by atoms with Crippen molar-refractivity contribution in [2.75, 3.05) is 19.8 Å². The van der Waals surface area contributed by atoms with Crippen molar-refractivity contribution < 1.29 is 64.6 Å². The fourth-order valence-corrected chi connectivity index (χ4v) is 9.94. The summed E-state index contributed by atoms with van der Waals surface area (Å²) >= 11 is 0. The van der Waals surface area contributed by atoms with Gasteiger partial charge in [-0.15, -0.1) is 0 Å². The summed E-state index contributed by atoms with van der Waals surface area (Å²) in [5.41, 5.74) is 0. The zero-order valence-corrected chi connectivity index (χ0v) is 47.0. The summed E-state index contributed by atoms with van der Waals surface area (Å²) in [6.45, 7) is 2.76. The Morgan fingerprint density at radius 1 is 0.493 bits per heavy atom. The zero-order chi connectivity index (χ0) is 54.6. The lowest BCUT2D eigenvalue weighted by molar-refractivity contribution is -0.359. The average molecular weight is 1070 g/mol. The molecule has 438 valence electrons. The molecule has 0 saturated carbocycles. The number of hydrogen-bond donors (Lipinski definition) is 9. The predicted octanol–water partition coefficient (Wildman–Crippen LogP) is 10.4. The maximum Gasteiger partial charge on any atom is 0.220 e. The number of aliphatic hydroxyl groups excluding tert-OH is 8. The maximum absolute atomic E-state index is 13.3. The van der Waals surface area contributed by atoms with Gasteiger partial charge in [0, 0.05) is 6.42 Å². The molecule has 0 aromatic carbocycles. The Kier molecular flexibility index (Phi) is 43.1. The first-order valence-electron chi connectivity index (χ1n) is 30.4. The average Bonchev–Trinajstić information content (AvgIpc) is 3.41. The number of hydrogen-bond acceptors (Lipinski definition) is 13. The van der Waals surface area contributed by atoms with E-state index < -0.39 is 86.8 Å². The predicted molar refractivity (Wildman–Crippen MR) is 300 cm³/mol. The minimum Gasteiger partial charge on any atom is -0.394 e. The first kappa shape index (κ1) is 69.1. The van der Waals surface area contributed by atoms with Crippen LogP contribution in [0.2, 0.25) is 0 Å². The quantitative estimate of drug-likeness (QED) is 0.0204. The molecule has 9 N–H and O–H groups in total. The summed E-state index contributed by atoms with van der Waals surface area (Å²) in [6, 6.07) is -0.831. The van der Waals surface area contributed by atoms with Gasteiger partial charge in [-0.05, 0) is 51.4 Å². The molecule has 1 amide bonds. The highest BCUT2D eigenvalue weighted by Crippen LogP contribution is 2.30. The third-order valence-electron chi connectivity index (χ3n) is 14.8. The van der Waals surface area contributed by atoms with Crippen molar-refractivity contribution in [1.29, 1.82) is 0 Å². The lowest BCUT2D eigenvalue weighted by Crippen LogP contribution is -2.65. The topological polar surface area (TPSA) is 228 Å². The Labute approximate surface area is 454 Å².